The molecular formula is C14H10Br4N2O. The Hall–Kier alpha value is -0.110. The zero-order valence-electron chi connectivity index (χ0n) is 10.7. The van der Waals surface area contributed by atoms with Gasteiger partial charge in [-0.1, -0.05) is 15.9 Å². The van der Waals surface area contributed by atoms with E-state index in [-0.39, 0.29) is 5.91 Å². The van der Waals surface area contributed by atoms with Gasteiger partial charge in [-0.05, 0) is 78.8 Å². The van der Waals surface area contributed by atoms with Crippen LogP contribution in [0.25, 0.3) is 0 Å². The van der Waals surface area contributed by atoms with Crippen LogP contribution in [0.5, 0.6) is 0 Å². The van der Waals surface area contributed by atoms with Gasteiger partial charge in [0.05, 0.1) is 5.69 Å². The molecular weight excluding hydrogens is 532 g/mol. The molecule has 1 aromatic carbocycles. The lowest BCUT2D eigenvalue weighted by molar-refractivity contribution is 0.101. The molecule has 0 aliphatic heterocycles. The Balaban J connectivity index is 1.90. The predicted octanol–water partition coefficient (Wildman–Crippen LogP) is 6.13. The lowest BCUT2D eigenvalue weighted by Crippen LogP contribution is -2.17. The summed E-state index contributed by atoms with van der Waals surface area (Å²) in [6, 6.07) is 6.11. The lowest BCUT2D eigenvalue weighted by atomic mass is 10.3. The average molecular weight is 542 g/mol. The van der Waals surface area contributed by atoms with Gasteiger partial charge in [0.1, 0.15) is 5.69 Å². The van der Waals surface area contributed by atoms with Crippen LogP contribution >= 0.6 is 63.7 Å². The highest BCUT2D eigenvalue weighted by molar-refractivity contribution is 9.11. The van der Waals surface area contributed by atoms with Crippen molar-refractivity contribution in [1.29, 1.82) is 0 Å². The molecule has 7 heteroatoms. The van der Waals surface area contributed by atoms with Crippen LogP contribution in [0.4, 0.5) is 5.69 Å². The normalized spacial score (nSPS) is 14.3. The predicted molar refractivity (Wildman–Crippen MR) is 97.9 cm³/mol. The highest BCUT2D eigenvalue weighted by Gasteiger charge is 2.28. The summed E-state index contributed by atoms with van der Waals surface area (Å²) >= 11 is 13.8. The number of carbonyl (C=O) groups is 1. The minimum Gasteiger partial charge on any atom is -0.339 e. The van der Waals surface area contributed by atoms with Crippen LogP contribution in [-0.4, -0.2) is 10.5 Å². The Morgan fingerprint density at radius 3 is 2.24 bits per heavy atom. The van der Waals surface area contributed by atoms with E-state index in [4.69, 9.17) is 0 Å². The Kier molecular flexibility index (Phi) is 4.64. The van der Waals surface area contributed by atoms with Crippen molar-refractivity contribution >= 4 is 75.3 Å². The molecule has 1 saturated carbocycles. The van der Waals surface area contributed by atoms with Crippen LogP contribution in [0.2, 0.25) is 0 Å². The van der Waals surface area contributed by atoms with Gasteiger partial charge in [-0.25, -0.2) is 0 Å². The monoisotopic (exact) mass is 538 g/mol. The Morgan fingerprint density at radius 1 is 1.05 bits per heavy atom. The topological polar surface area (TPSA) is 34.0 Å². The van der Waals surface area contributed by atoms with Crippen molar-refractivity contribution in [3.05, 3.63) is 48.0 Å². The minimum absolute atomic E-state index is 0.115. The molecule has 1 aromatic heterocycles. The molecule has 1 amide bonds. The summed E-state index contributed by atoms with van der Waals surface area (Å²) in [5.74, 6) is -0.115. The number of hydrogen-bond acceptors (Lipinski definition) is 1. The van der Waals surface area contributed by atoms with Gasteiger partial charge in [0, 0.05) is 30.1 Å². The highest BCUT2D eigenvalue weighted by atomic mass is 79.9. The number of halogens is 4. The third-order valence-corrected chi connectivity index (χ3v) is 5.38. The zero-order chi connectivity index (χ0) is 15.1. The molecule has 0 bridgehead atoms. The van der Waals surface area contributed by atoms with Crippen LogP contribution in [-0.2, 0) is 0 Å². The van der Waals surface area contributed by atoms with E-state index >= 15 is 0 Å². The summed E-state index contributed by atoms with van der Waals surface area (Å²) in [5.41, 5.74) is 1.40. The molecule has 1 aliphatic carbocycles. The van der Waals surface area contributed by atoms with Crippen molar-refractivity contribution < 1.29 is 4.79 Å². The maximum atomic E-state index is 12.6. The first-order valence-electron chi connectivity index (χ1n) is 6.29. The zero-order valence-corrected chi connectivity index (χ0v) is 17.0. The fraction of sp³-hybridized carbons (Fsp3) is 0.214. The smallest absolute Gasteiger partial charge is 0.272 e. The minimum atomic E-state index is -0.115. The average Bonchev–Trinajstić information content (AvgIpc) is 3.16. The van der Waals surface area contributed by atoms with Gasteiger partial charge in [-0.3, -0.25) is 4.79 Å². The molecule has 1 heterocycles. The van der Waals surface area contributed by atoms with Crippen LogP contribution < -0.4 is 5.32 Å². The first-order valence-corrected chi connectivity index (χ1v) is 9.46. The van der Waals surface area contributed by atoms with Crippen molar-refractivity contribution in [2.75, 3.05) is 5.32 Å². The molecule has 0 unspecified atom stereocenters. The summed E-state index contributed by atoms with van der Waals surface area (Å²) in [5, 5.41) is 2.96. The largest absolute Gasteiger partial charge is 0.339 e. The van der Waals surface area contributed by atoms with Crippen molar-refractivity contribution in [3.63, 3.8) is 0 Å². The van der Waals surface area contributed by atoms with Crippen molar-refractivity contribution in [2.24, 2.45) is 0 Å². The Morgan fingerprint density at radius 2 is 1.67 bits per heavy atom. The van der Waals surface area contributed by atoms with Crippen LogP contribution in [0.15, 0.2) is 42.3 Å². The highest BCUT2D eigenvalue weighted by Crippen LogP contribution is 2.38. The number of amides is 1. The van der Waals surface area contributed by atoms with Gasteiger partial charge in [0.15, 0.2) is 0 Å². The van der Waals surface area contributed by atoms with E-state index < -0.39 is 0 Å². The van der Waals surface area contributed by atoms with Crippen molar-refractivity contribution in [2.45, 2.75) is 18.9 Å². The number of rotatable bonds is 3. The van der Waals surface area contributed by atoms with Gasteiger partial charge >= 0.3 is 0 Å². The van der Waals surface area contributed by atoms with Gasteiger partial charge < -0.3 is 9.88 Å². The molecule has 1 aliphatic rings. The quantitative estimate of drug-likeness (QED) is 0.499. The fourth-order valence-electron chi connectivity index (χ4n) is 2.12. The number of nitrogens with one attached hydrogen (secondary N) is 1. The number of hydrogen-bond donors (Lipinski definition) is 1. The second-order valence-electron chi connectivity index (χ2n) is 4.88. The maximum Gasteiger partial charge on any atom is 0.272 e. The number of carbonyl (C=O) groups excluding carboxylic acids is 1. The third kappa shape index (κ3) is 3.46. The lowest BCUT2D eigenvalue weighted by Gasteiger charge is -2.12. The number of anilines is 1. The first kappa shape index (κ1) is 15.8. The maximum absolute atomic E-state index is 12.6. The molecule has 0 spiro atoms. The van der Waals surface area contributed by atoms with Crippen LogP contribution in [0, 0.1) is 0 Å². The first-order chi connectivity index (χ1) is 9.95. The fourth-order valence-corrected chi connectivity index (χ4v) is 5.02. The molecule has 1 N–H and O–H groups in total. The van der Waals surface area contributed by atoms with Gasteiger partial charge in [-0.2, -0.15) is 0 Å². The van der Waals surface area contributed by atoms with E-state index in [1.807, 2.05) is 29.0 Å². The van der Waals surface area contributed by atoms with Crippen LogP contribution in [0.1, 0.15) is 29.4 Å². The molecule has 2 aromatic rings. The van der Waals surface area contributed by atoms with E-state index in [1.165, 1.54) is 0 Å². The summed E-state index contributed by atoms with van der Waals surface area (Å²) in [6.45, 7) is 0. The molecule has 3 rings (SSSR count). The Labute approximate surface area is 156 Å². The van der Waals surface area contributed by atoms with Gasteiger partial charge in [-0.15, -0.1) is 0 Å². The molecule has 21 heavy (non-hydrogen) atoms. The number of benzene rings is 1. The number of nitrogens with zero attached hydrogens (tertiary/aromatic N) is 1. The second kappa shape index (κ2) is 6.18. The molecule has 0 saturated heterocycles. The third-order valence-electron chi connectivity index (χ3n) is 3.23. The molecule has 3 nitrogen and oxygen atoms in total. The van der Waals surface area contributed by atoms with E-state index in [1.54, 1.807) is 0 Å². The summed E-state index contributed by atoms with van der Waals surface area (Å²) in [4.78, 5) is 12.6. The molecule has 0 atom stereocenters. The molecule has 0 radical (unpaired) electrons. The summed E-state index contributed by atoms with van der Waals surface area (Å²) in [6.07, 6.45) is 4.23. The summed E-state index contributed by atoms with van der Waals surface area (Å²) in [7, 11) is 0. The molecule has 110 valence electrons. The summed E-state index contributed by atoms with van der Waals surface area (Å²) < 4.78 is 5.54. The van der Waals surface area contributed by atoms with E-state index in [9.17, 15) is 4.79 Å². The van der Waals surface area contributed by atoms with Gasteiger partial charge in [0.25, 0.3) is 5.91 Å². The van der Waals surface area contributed by atoms with Crippen molar-refractivity contribution in [1.82, 2.24) is 4.57 Å². The van der Waals surface area contributed by atoms with E-state index in [0.29, 0.717) is 11.7 Å². The SMILES string of the molecule is O=C(Nc1c(Br)cc(Br)cc1Br)c1cc(Br)cn1C1CC1. The number of aromatic nitrogens is 1. The van der Waals surface area contributed by atoms with Crippen molar-refractivity contribution in [3.8, 4) is 0 Å². The van der Waals surface area contributed by atoms with E-state index in [0.717, 1.165) is 36.4 Å². The standard InChI is InChI=1S/C14H10Br4N2O/c15-7-3-10(17)13(11(18)4-7)19-14(21)12-5-8(16)6-20(12)9-1-2-9/h3-6,9H,1-2H2,(H,19,21). The van der Waals surface area contributed by atoms with Gasteiger partial charge in [0.2, 0.25) is 0 Å². The second-order valence-corrected chi connectivity index (χ2v) is 8.42. The van der Waals surface area contributed by atoms with Crippen LogP contribution in [0.3, 0.4) is 0 Å². The Bertz CT molecular complexity index is 699. The van der Waals surface area contributed by atoms with E-state index in [2.05, 4.69) is 69.0 Å². The molecule has 1 fully saturated rings.